The lowest BCUT2D eigenvalue weighted by molar-refractivity contribution is -0.156. The molecule has 0 bridgehead atoms. The fourth-order valence-corrected chi connectivity index (χ4v) is 1.58. The summed E-state index contributed by atoms with van der Waals surface area (Å²) in [5, 5.41) is 2.47. The second-order valence-electron chi connectivity index (χ2n) is 3.68. The van der Waals surface area contributed by atoms with Crippen molar-refractivity contribution < 1.29 is 13.2 Å². The molecule has 0 aromatic heterocycles. The van der Waals surface area contributed by atoms with Gasteiger partial charge in [-0.15, -0.1) is 0 Å². The summed E-state index contributed by atoms with van der Waals surface area (Å²) in [5.41, 5.74) is 0.939. The number of hydrogen-bond donors (Lipinski definition) is 1. The van der Waals surface area contributed by atoms with Gasteiger partial charge in [0.05, 0.1) is 0 Å². The third-order valence-electron chi connectivity index (χ3n) is 2.41. The fourth-order valence-electron chi connectivity index (χ4n) is 1.58. The number of hydrogen-bond acceptors (Lipinski definition) is 1. The van der Waals surface area contributed by atoms with E-state index in [-0.39, 0.29) is 6.42 Å². The maximum atomic E-state index is 12.5. The smallest absolute Gasteiger partial charge is 0.306 e. The van der Waals surface area contributed by atoms with Crippen molar-refractivity contribution in [2.24, 2.45) is 0 Å². The Kier molecular flexibility index (Phi) is 4.80. The Morgan fingerprint density at radius 3 is 2.31 bits per heavy atom. The summed E-state index contributed by atoms with van der Waals surface area (Å²) in [4.78, 5) is 0. The highest BCUT2D eigenvalue weighted by Crippen LogP contribution is 2.23. The first-order valence-electron chi connectivity index (χ1n) is 5.38. The van der Waals surface area contributed by atoms with Gasteiger partial charge in [0.2, 0.25) is 0 Å². The van der Waals surface area contributed by atoms with Gasteiger partial charge in [-0.1, -0.05) is 37.3 Å². The van der Waals surface area contributed by atoms with E-state index in [0.717, 1.165) is 5.56 Å². The largest absolute Gasteiger partial charge is 0.403 e. The fraction of sp³-hybridized carbons (Fsp3) is 0.500. The van der Waals surface area contributed by atoms with Crippen molar-refractivity contribution >= 4 is 0 Å². The topological polar surface area (TPSA) is 12.0 Å². The van der Waals surface area contributed by atoms with Crippen molar-refractivity contribution in [1.29, 1.82) is 0 Å². The van der Waals surface area contributed by atoms with E-state index < -0.39 is 12.2 Å². The zero-order valence-corrected chi connectivity index (χ0v) is 9.22. The molecule has 1 N–H and O–H groups in total. The molecule has 0 unspecified atom stereocenters. The molecule has 1 atom stereocenters. The van der Waals surface area contributed by atoms with Gasteiger partial charge in [-0.2, -0.15) is 13.2 Å². The molecule has 16 heavy (non-hydrogen) atoms. The van der Waals surface area contributed by atoms with E-state index in [0.29, 0.717) is 13.0 Å². The van der Waals surface area contributed by atoms with Crippen molar-refractivity contribution in [3.63, 3.8) is 0 Å². The van der Waals surface area contributed by atoms with E-state index in [9.17, 15) is 13.2 Å². The normalized spacial score (nSPS) is 13.8. The van der Waals surface area contributed by atoms with Gasteiger partial charge in [0.1, 0.15) is 6.04 Å². The molecule has 0 aliphatic heterocycles. The Bertz CT molecular complexity index is 295. The molecule has 1 aromatic carbocycles. The SMILES string of the molecule is CCN[C@H](CCc1ccccc1)C(F)(F)F. The Morgan fingerprint density at radius 2 is 1.81 bits per heavy atom. The van der Waals surface area contributed by atoms with Gasteiger partial charge in [-0.05, 0) is 24.9 Å². The molecule has 0 saturated heterocycles. The molecule has 0 spiro atoms. The quantitative estimate of drug-likeness (QED) is 0.820. The van der Waals surface area contributed by atoms with Gasteiger partial charge in [0.25, 0.3) is 0 Å². The first-order valence-corrected chi connectivity index (χ1v) is 5.38. The van der Waals surface area contributed by atoms with Crippen LogP contribution in [0.5, 0.6) is 0 Å². The van der Waals surface area contributed by atoms with Gasteiger partial charge in [-0.3, -0.25) is 0 Å². The lowest BCUT2D eigenvalue weighted by Gasteiger charge is -2.20. The van der Waals surface area contributed by atoms with E-state index in [1.807, 2.05) is 30.3 Å². The van der Waals surface area contributed by atoms with E-state index >= 15 is 0 Å². The lowest BCUT2D eigenvalue weighted by atomic mass is 10.1. The van der Waals surface area contributed by atoms with Gasteiger partial charge in [0, 0.05) is 0 Å². The van der Waals surface area contributed by atoms with Crippen LogP contribution >= 0.6 is 0 Å². The molecule has 0 aliphatic carbocycles. The van der Waals surface area contributed by atoms with E-state index in [2.05, 4.69) is 5.32 Å². The van der Waals surface area contributed by atoms with Crippen LogP contribution in [-0.4, -0.2) is 18.8 Å². The number of nitrogens with one attached hydrogen (secondary N) is 1. The third-order valence-corrected chi connectivity index (χ3v) is 2.41. The highest BCUT2D eigenvalue weighted by Gasteiger charge is 2.38. The summed E-state index contributed by atoms with van der Waals surface area (Å²) in [6, 6.07) is 7.82. The number of alkyl halides is 3. The van der Waals surface area contributed by atoms with Crippen LogP contribution in [0.3, 0.4) is 0 Å². The summed E-state index contributed by atoms with van der Waals surface area (Å²) in [7, 11) is 0. The Morgan fingerprint density at radius 1 is 1.19 bits per heavy atom. The number of aryl methyl sites for hydroxylation is 1. The molecule has 4 heteroatoms. The Balaban J connectivity index is 2.51. The average molecular weight is 231 g/mol. The molecule has 0 radical (unpaired) electrons. The van der Waals surface area contributed by atoms with Crippen molar-refractivity contribution in [1.82, 2.24) is 5.32 Å². The minimum atomic E-state index is -4.16. The highest BCUT2D eigenvalue weighted by molar-refractivity contribution is 5.14. The third kappa shape index (κ3) is 4.23. The maximum Gasteiger partial charge on any atom is 0.403 e. The van der Waals surface area contributed by atoms with Crippen molar-refractivity contribution in [3.8, 4) is 0 Å². The van der Waals surface area contributed by atoms with Crippen LogP contribution in [0.15, 0.2) is 30.3 Å². The number of halogens is 3. The lowest BCUT2D eigenvalue weighted by Crippen LogP contribution is -2.42. The summed E-state index contributed by atoms with van der Waals surface area (Å²) >= 11 is 0. The van der Waals surface area contributed by atoms with Crippen LogP contribution in [-0.2, 0) is 6.42 Å². The Labute approximate surface area is 93.7 Å². The number of rotatable bonds is 5. The van der Waals surface area contributed by atoms with Crippen LogP contribution in [0.2, 0.25) is 0 Å². The summed E-state index contributed by atoms with van der Waals surface area (Å²) in [5.74, 6) is 0. The molecule has 0 aliphatic rings. The summed E-state index contributed by atoms with van der Waals surface area (Å²) < 4.78 is 37.6. The molecule has 1 nitrogen and oxygen atoms in total. The molecular weight excluding hydrogens is 215 g/mol. The van der Waals surface area contributed by atoms with Crippen LogP contribution < -0.4 is 5.32 Å². The predicted octanol–water partition coefficient (Wildman–Crippen LogP) is 3.16. The minimum absolute atomic E-state index is 0.0847. The molecule has 1 rings (SSSR count). The van der Waals surface area contributed by atoms with Gasteiger partial charge in [0.15, 0.2) is 0 Å². The van der Waals surface area contributed by atoms with Crippen LogP contribution in [0.1, 0.15) is 18.9 Å². The number of benzene rings is 1. The first kappa shape index (κ1) is 13.0. The molecule has 1 aromatic rings. The van der Waals surface area contributed by atoms with Crippen molar-refractivity contribution in [2.75, 3.05) is 6.54 Å². The highest BCUT2D eigenvalue weighted by atomic mass is 19.4. The summed E-state index contributed by atoms with van der Waals surface area (Å²) in [6.45, 7) is 2.01. The second-order valence-corrected chi connectivity index (χ2v) is 3.68. The average Bonchev–Trinajstić information content (AvgIpc) is 2.24. The van der Waals surface area contributed by atoms with Crippen molar-refractivity contribution in [2.45, 2.75) is 32.0 Å². The molecule has 90 valence electrons. The van der Waals surface area contributed by atoms with E-state index in [1.165, 1.54) is 0 Å². The molecule has 0 heterocycles. The van der Waals surface area contributed by atoms with Crippen LogP contribution in [0.4, 0.5) is 13.2 Å². The van der Waals surface area contributed by atoms with Gasteiger partial charge in [-0.25, -0.2) is 0 Å². The molecule has 0 amide bonds. The zero-order valence-electron chi connectivity index (χ0n) is 9.22. The molecule has 0 saturated carbocycles. The minimum Gasteiger partial charge on any atom is -0.306 e. The van der Waals surface area contributed by atoms with Crippen molar-refractivity contribution in [3.05, 3.63) is 35.9 Å². The van der Waals surface area contributed by atoms with Crippen LogP contribution in [0, 0.1) is 0 Å². The van der Waals surface area contributed by atoms with E-state index in [4.69, 9.17) is 0 Å². The zero-order chi connectivity index (χ0) is 12.0. The molecule has 0 fully saturated rings. The monoisotopic (exact) mass is 231 g/mol. The Hall–Kier alpha value is -1.03. The molecular formula is C12H16F3N. The first-order chi connectivity index (χ1) is 7.54. The maximum absolute atomic E-state index is 12.5. The standard InChI is InChI=1S/C12H16F3N/c1-2-16-11(12(13,14)15)9-8-10-6-4-3-5-7-10/h3-7,11,16H,2,8-9H2,1H3/t11-/m1/s1. The van der Waals surface area contributed by atoms with Crippen LogP contribution in [0.25, 0.3) is 0 Å². The second kappa shape index (κ2) is 5.89. The van der Waals surface area contributed by atoms with E-state index in [1.54, 1.807) is 6.92 Å². The predicted molar refractivity (Wildman–Crippen MR) is 58.3 cm³/mol. The van der Waals surface area contributed by atoms with Gasteiger partial charge >= 0.3 is 6.18 Å². The van der Waals surface area contributed by atoms with Gasteiger partial charge < -0.3 is 5.32 Å². The summed E-state index contributed by atoms with van der Waals surface area (Å²) in [6.07, 6.45) is -3.63.